The molecular weight excluding hydrogens is 502 g/mol. The Bertz CT molecular complexity index is 1180. The number of sulfonamides is 1. The van der Waals surface area contributed by atoms with Gasteiger partial charge in [0.1, 0.15) is 5.60 Å². The molecule has 0 bridgehead atoms. The molecule has 8 nitrogen and oxygen atoms in total. The molecule has 208 valence electrons. The molecule has 2 aromatic carbocycles. The lowest BCUT2D eigenvalue weighted by molar-refractivity contribution is 0.0392. The first-order valence-electron chi connectivity index (χ1n) is 12.8. The van der Waals surface area contributed by atoms with Gasteiger partial charge in [0.15, 0.2) is 0 Å². The molecule has 2 N–H and O–H groups in total. The van der Waals surface area contributed by atoms with Crippen LogP contribution in [0, 0.1) is 23.7 Å². The van der Waals surface area contributed by atoms with Crippen LogP contribution in [0.25, 0.3) is 0 Å². The number of carbonyl (C=O) groups is 1. The fraction of sp³-hybridized carbons (Fsp3) is 0.517. The number of hydrogen-bond acceptors (Lipinski definition) is 6. The molecule has 0 aromatic heterocycles. The molecular formula is C29H41N3O5S. The lowest BCUT2D eigenvalue weighted by atomic mass is 9.88. The second-order valence-corrected chi connectivity index (χ2v) is 13.4. The zero-order valence-corrected chi connectivity index (χ0v) is 24.1. The fourth-order valence-corrected chi connectivity index (χ4v) is 5.65. The lowest BCUT2D eigenvalue weighted by Gasteiger charge is -2.35. The third-order valence-corrected chi connectivity index (χ3v) is 7.86. The van der Waals surface area contributed by atoms with E-state index in [2.05, 4.69) is 11.4 Å². The monoisotopic (exact) mass is 543 g/mol. The summed E-state index contributed by atoms with van der Waals surface area (Å²) in [5.74, 6) is 0. The van der Waals surface area contributed by atoms with Gasteiger partial charge in [-0.15, -0.1) is 0 Å². The fourth-order valence-electron chi connectivity index (χ4n) is 4.00. The quantitative estimate of drug-likeness (QED) is 0.396. The highest BCUT2D eigenvalue weighted by molar-refractivity contribution is 7.89. The van der Waals surface area contributed by atoms with Crippen LogP contribution in [0.2, 0.25) is 0 Å². The van der Waals surface area contributed by atoms with Gasteiger partial charge in [-0.2, -0.15) is 9.57 Å². The summed E-state index contributed by atoms with van der Waals surface area (Å²) in [7, 11) is -3.99. The molecule has 2 unspecified atom stereocenters. The van der Waals surface area contributed by atoms with Crippen molar-refractivity contribution in [3.63, 3.8) is 0 Å². The Morgan fingerprint density at radius 3 is 2.24 bits per heavy atom. The van der Waals surface area contributed by atoms with Crippen LogP contribution >= 0.6 is 0 Å². The van der Waals surface area contributed by atoms with Gasteiger partial charge < -0.3 is 15.2 Å². The average Bonchev–Trinajstić information content (AvgIpc) is 2.81. The van der Waals surface area contributed by atoms with Gasteiger partial charge in [-0.05, 0) is 63.6 Å². The number of aliphatic hydroxyl groups excluding tert-OH is 1. The van der Waals surface area contributed by atoms with Crippen molar-refractivity contribution in [3.05, 3.63) is 65.7 Å². The van der Waals surface area contributed by atoms with Gasteiger partial charge in [-0.25, -0.2) is 13.2 Å². The number of alkyl carbamates (subject to hydrolysis) is 1. The number of nitrogens with zero attached hydrogens (tertiary/aromatic N) is 2. The van der Waals surface area contributed by atoms with E-state index in [1.807, 2.05) is 51.1 Å². The number of nitrogens with one attached hydrogen (secondary N) is 1. The molecule has 0 spiro atoms. The average molecular weight is 544 g/mol. The smallest absolute Gasteiger partial charge is 0.407 e. The number of nitriles is 1. The van der Waals surface area contributed by atoms with Crippen LogP contribution < -0.4 is 5.32 Å². The SMILES string of the molecule is Cc1ccc(S(=O)(=O)N(CC(O)C(Cc2ccccc2)NC(=O)OC(C)(C)C)CC(C)(C)CCC#N)cc1. The van der Waals surface area contributed by atoms with Gasteiger partial charge in [0.2, 0.25) is 10.0 Å². The molecule has 2 atom stereocenters. The molecule has 0 saturated heterocycles. The second-order valence-electron chi connectivity index (χ2n) is 11.4. The molecule has 0 saturated carbocycles. The Hall–Kier alpha value is -2.93. The Morgan fingerprint density at radius 2 is 1.68 bits per heavy atom. The lowest BCUT2D eigenvalue weighted by Crippen LogP contribution is -2.52. The largest absolute Gasteiger partial charge is 0.444 e. The summed E-state index contributed by atoms with van der Waals surface area (Å²) in [5, 5.41) is 23.2. The first-order valence-corrected chi connectivity index (χ1v) is 14.2. The highest BCUT2D eigenvalue weighted by Gasteiger charge is 2.35. The third-order valence-electron chi connectivity index (χ3n) is 6.03. The van der Waals surface area contributed by atoms with Gasteiger partial charge >= 0.3 is 6.09 Å². The second kappa shape index (κ2) is 13.2. The van der Waals surface area contributed by atoms with E-state index in [1.54, 1.807) is 45.0 Å². The van der Waals surface area contributed by atoms with E-state index in [0.717, 1.165) is 11.1 Å². The maximum absolute atomic E-state index is 13.8. The number of aliphatic hydroxyl groups is 1. The summed E-state index contributed by atoms with van der Waals surface area (Å²) in [6.45, 7) is 10.7. The number of ether oxygens (including phenoxy) is 1. The Labute approximate surface area is 227 Å². The van der Waals surface area contributed by atoms with Crippen LogP contribution in [0.4, 0.5) is 4.79 Å². The van der Waals surface area contributed by atoms with E-state index in [0.29, 0.717) is 6.42 Å². The molecule has 9 heteroatoms. The molecule has 38 heavy (non-hydrogen) atoms. The molecule has 0 radical (unpaired) electrons. The van der Waals surface area contributed by atoms with Crippen LogP contribution in [0.15, 0.2) is 59.5 Å². The van der Waals surface area contributed by atoms with E-state index in [-0.39, 0.29) is 30.8 Å². The van der Waals surface area contributed by atoms with Crippen molar-refractivity contribution in [2.45, 2.75) is 83.4 Å². The summed E-state index contributed by atoms with van der Waals surface area (Å²) in [6.07, 6.45) is -0.889. The van der Waals surface area contributed by atoms with Gasteiger partial charge in [-0.1, -0.05) is 61.9 Å². The predicted octanol–water partition coefficient (Wildman–Crippen LogP) is 4.81. The van der Waals surface area contributed by atoms with Gasteiger partial charge in [0, 0.05) is 19.5 Å². The summed E-state index contributed by atoms with van der Waals surface area (Å²) in [6, 6.07) is 17.2. The maximum atomic E-state index is 13.8. The number of carbonyl (C=O) groups excluding carboxylic acids is 1. The number of rotatable bonds is 12. The van der Waals surface area contributed by atoms with E-state index in [4.69, 9.17) is 10.00 Å². The minimum Gasteiger partial charge on any atom is -0.444 e. The number of aryl methyl sites for hydroxylation is 1. The molecule has 2 rings (SSSR count). The molecule has 0 heterocycles. The molecule has 2 aromatic rings. The van der Waals surface area contributed by atoms with Crippen molar-refractivity contribution in [1.29, 1.82) is 5.26 Å². The van der Waals surface area contributed by atoms with Crippen molar-refractivity contribution >= 4 is 16.1 Å². The van der Waals surface area contributed by atoms with E-state index < -0.39 is 39.3 Å². The van der Waals surface area contributed by atoms with Crippen LogP contribution in [0.1, 0.15) is 58.6 Å². The van der Waals surface area contributed by atoms with Crippen LogP contribution in [-0.4, -0.2) is 54.8 Å². The van der Waals surface area contributed by atoms with Crippen LogP contribution in [0.3, 0.4) is 0 Å². The van der Waals surface area contributed by atoms with E-state index >= 15 is 0 Å². The van der Waals surface area contributed by atoms with Gasteiger partial charge in [-0.3, -0.25) is 0 Å². The number of amides is 1. The number of hydrogen-bond donors (Lipinski definition) is 2. The first-order chi connectivity index (χ1) is 17.6. The van der Waals surface area contributed by atoms with Crippen LogP contribution in [-0.2, 0) is 21.2 Å². The minimum absolute atomic E-state index is 0.0897. The summed E-state index contributed by atoms with van der Waals surface area (Å²) in [4.78, 5) is 12.8. The van der Waals surface area contributed by atoms with Crippen molar-refractivity contribution in [3.8, 4) is 6.07 Å². The molecule has 0 fully saturated rings. The van der Waals surface area contributed by atoms with Crippen molar-refractivity contribution < 1.29 is 23.1 Å². The van der Waals surface area contributed by atoms with Gasteiger partial charge in [0.05, 0.1) is 23.1 Å². The zero-order valence-electron chi connectivity index (χ0n) is 23.3. The normalized spacial score (nSPS) is 14.0. The highest BCUT2D eigenvalue weighted by Crippen LogP contribution is 2.28. The van der Waals surface area contributed by atoms with Crippen molar-refractivity contribution in [2.75, 3.05) is 13.1 Å². The summed E-state index contributed by atoms with van der Waals surface area (Å²) in [5.41, 5.74) is 0.530. The Morgan fingerprint density at radius 1 is 1.08 bits per heavy atom. The van der Waals surface area contributed by atoms with Gasteiger partial charge in [0.25, 0.3) is 0 Å². The van der Waals surface area contributed by atoms with Crippen LogP contribution in [0.5, 0.6) is 0 Å². The standard InChI is InChI=1S/C29H41N3O5S/c1-22-13-15-24(16-14-22)38(35,36)32(21-29(5,6)17-10-18-30)20-26(33)25(19-23-11-8-7-9-12-23)31-27(34)37-28(2,3)4/h7-9,11-16,25-26,33H,10,17,19-21H2,1-6H3,(H,31,34). The first kappa shape index (κ1) is 31.3. The molecule has 0 aliphatic carbocycles. The topological polar surface area (TPSA) is 120 Å². The zero-order chi connectivity index (χ0) is 28.6. The molecule has 0 aliphatic rings. The maximum Gasteiger partial charge on any atom is 0.407 e. The molecule has 1 amide bonds. The minimum atomic E-state index is -3.99. The Balaban J connectivity index is 2.40. The van der Waals surface area contributed by atoms with E-state index in [9.17, 15) is 18.3 Å². The molecule has 0 aliphatic heterocycles. The predicted molar refractivity (Wildman–Crippen MR) is 148 cm³/mol. The summed E-state index contributed by atoms with van der Waals surface area (Å²) < 4.78 is 34.2. The van der Waals surface area contributed by atoms with Crippen molar-refractivity contribution in [1.82, 2.24) is 9.62 Å². The Kier molecular flexibility index (Phi) is 10.9. The number of benzene rings is 2. The summed E-state index contributed by atoms with van der Waals surface area (Å²) >= 11 is 0. The third kappa shape index (κ3) is 10.1. The van der Waals surface area contributed by atoms with E-state index in [1.165, 1.54) is 4.31 Å². The van der Waals surface area contributed by atoms with Crippen molar-refractivity contribution in [2.24, 2.45) is 5.41 Å². The highest BCUT2D eigenvalue weighted by atomic mass is 32.2.